The van der Waals surface area contributed by atoms with Gasteiger partial charge >= 0.3 is 0 Å². The van der Waals surface area contributed by atoms with Crippen molar-refractivity contribution in [1.82, 2.24) is 10.3 Å². The number of carbonyl (C=O) groups excluding carboxylic acids is 1. The number of hydrogen-bond donors (Lipinski definition) is 1. The summed E-state index contributed by atoms with van der Waals surface area (Å²) in [6.07, 6.45) is 2.66. The van der Waals surface area contributed by atoms with Crippen molar-refractivity contribution < 1.29 is 4.79 Å². The Hall–Kier alpha value is -1.64. The molecule has 1 rings (SSSR count). The molecule has 3 nitrogen and oxygen atoms in total. The van der Waals surface area contributed by atoms with E-state index in [0.717, 1.165) is 11.8 Å². The first-order valence-corrected chi connectivity index (χ1v) is 3.55. The summed E-state index contributed by atoms with van der Waals surface area (Å²) in [7, 11) is 0. The molecule has 0 aliphatic rings. The number of carbonyl (C=O) groups is 1. The molecule has 3 heteroatoms. The zero-order valence-electron chi connectivity index (χ0n) is 6.53. The van der Waals surface area contributed by atoms with Crippen molar-refractivity contribution in [2.45, 2.75) is 6.54 Å². The topological polar surface area (TPSA) is 42.0 Å². The van der Waals surface area contributed by atoms with Crippen LogP contribution in [-0.4, -0.2) is 10.9 Å². The summed E-state index contributed by atoms with van der Waals surface area (Å²) in [6, 6.07) is 5.51. The second kappa shape index (κ2) is 4.28. The van der Waals surface area contributed by atoms with Crippen LogP contribution in [0.1, 0.15) is 5.69 Å². The van der Waals surface area contributed by atoms with Crippen LogP contribution in [-0.2, 0) is 11.3 Å². The molecule has 1 heterocycles. The molecule has 1 radical (unpaired) electrons. The molecule has 0 saturated heterocycles. The SMILES string of the molecule is [CH]=CC(=O)NCc1ccccn1. The number of amides is 1. The lowest BCUT2D eigenvalue weighted by molar-refractivity contribution is -0.116. The molecule has 0 aliphatic heterocycles. The summed E-state index contributed by atoms with van der Waals surface area (Å²) in [5.41, 5.74) is 0.813. The van der Waals surface area contributed by atoms with E-state index >= 15 is 0 Å². The highest BCUT2D eigenvalue weighted by Crippen LogP contribution is 1.91. The molecule has 12 heavy (non-hydrogen) atoms. The number of aromatic nitrogens is 1. The van der Waals surface area contributed by atoms with Crippen LogP contribution in [0.4, 0.5) is 0 Å². The van der Waals surface area contributed by atoms with Crippen LogP contribution in [0.2, 0.25) is 0 Å². The molecule has 1 amide bonds. The molecule has 0 unspecified atom stereocenters. The molecular formula is C9H9N2O. The molecule has 0 spiro atoms. The Morgan fingerprint density at radius 2 is 2.50 bits per heavy atom. The van der Waals surface area contributed by atoms with Gasteiger partial charge in [-0.15, -0.1) is 0 Å². The highest BCUT2D eigenvalue weighted by Gasteiger charge is 1.94. The number of pyridine rings is 1. The Labute approximate surface area is 71.1 Å². The van der Waals surface area contributed by atoms with E-state index < -0.39 is 0 Å². The van der Waals surface area contributed by atoms with E-state index in [1.165, 1.54) is 0 Å². The summed E-state index contributed by atoms with van der Waals surface area (Å²) < 4.78 is 0. The van der Waals surface area contributed by atoms with Gasteiger partial charge in [-0.3, -0.25) is 9.78 Å². The average Bonchev–Trinajstić information content (AvgIpc) is 2.16. The number of rotatable bonds is 3. The summed E-state index contributed by atoms with van der Waals surface area (Å²) in [5, 5.41) is 2.57. The standard InChI is InChI=1S/C9H9N2O/c1-2-9(12)11-7-8-5-3-4-6-10-8/h1-6H,7H2,(H,11,12). The molecule has 0 aliphatic carbocycles. The first kappa shape index (κ1) is 8.46. The van der Waals surface area contributed by atoms with E-state index in [9.17, 15) is 4.79 Å². The molecule has 61 valence electrons. The third-order valence-corrected chi connectivity index (χ3v) is 1.32. The summed E-state index contributed by atoms with van der Waals surface area (Å²) in [5.74, 6) is -0.291. The first-order valence-electron chi connectivity index (χ1n) is 3.55. The fourth-order valence-corrected chi connectivity index (χ4v) is 0.739. The van der Waals surface area contributed by atoms with Crippen LogP contribution in [0.5, 0.6) is 0 Å². The van der Waals surface area contributed by atoms with Gasteiger partial charge < -0.3 is 5.32 Å². The normalized spacial score (nSPS) is 9.00. The predicted molar refractivity (Wildman–Crippen MR) is 45.0 cm³/mol. The predicted octanol–water partition coefficient (Wildman–Crippen LogP) is 0.687. The van der Waals surface area contributed by atoms with Crippen LogP contribution in [0, 0.1) is 6.58 Å². The highest BCUT2D eigenvalue weighted by atomic mass is 16.1. The van der Waals surface area contributed by atoms with Crippen molar-refractivity contribution in [2.75, 3.05) is 0 Å². The molecule has 1 aromatic heterocycles. The first-order chi connectivity index (χ1) is 5.83. The maximum Gasteiger partial charge on any atom is 0.244 e. The van der Waals surface area contributed by atoms with E-state index in [1.807, 2.05) is 18.2 Å². The second-order valence-electron chi connectivity index (χ2n) is 2.21. The van der Waals surface area contributed by atoms with Gasteiger partial charge in [0.1, 0.15) is 0 Å². The number of hydrogen-bond acceptors (Lipinski definition) is 2. The van der Waals surface area contributed by atoms with Crippen LogP contribution in [0.15, 0.2) is 30.5 Å². The van der Waals surface area contributed by atoms with Gasteiger partial charge in [-0.25, -0.2) is 0 Å². The summed E-state index contributed by atoms with van der Waals surface area (Å²) in [4.78, 5) is 14.7. The third kappa shape index (κ3) is 2.54. The molecule has 0 saturated carbocycles. The van der Waals surface area contributed by atoms with Gasteiger partial charge in [0.15, 0.2) is 0 Å². The third-order valence-electron chi connectivity index (χ3n) is 1.32. The van der Waals surface area contributed by atoms with Gasteiger partial charge in [0.2, 0.25) is 5.91 Å². The van der Waals surface area contributed by atoms with E-state index in [1.54, 1.807) is 6.20 Å². The zero-order chi connectivity index (χ0) is 8.81. The van der Waals surface area contributed by atoms with Crippen molar-refractivity contribution in [2.24, 2.45) is 0 Å². The maximum atomic E-state index is 10.7. The van der Waals surface area contributed by atoms with Gasteiger partial charge in [0, 0.05) is 12.3 Å². The molecule has 0 atom stereocenters. The second-order valence-corrected chi connectivity index (χ2v) is 2.21. The lowest BCUT2D eigenvalue weighted by Gasteiger charge is -1.99. The van der Waals surface area contributed by atoms with Crippen molar-refractivity contribution in [3.63, 3.8) is 0 Å². The minimum absolute atomic E-state index is 0.291. The lowest BCUT2D eigenvalue weighted by Crippen LogP contribution is -2.20. The molecule has 0 bridgehead atoms. The smallest absolute Gasteiger partial charge is 0.244 e. The van der Waals surface area contributed by atoms with E-state index in [0.29, 0.717) is 6.54 Å². The van der Waals surface area contributed by atoms with Crippen molar-refractivity contribution in [3.8, 4) is 0 Å². The Morgan fingerprint density at radius 1 is 1.67 bits per heavy atom. The van der Waals surface area contributed by atoms with Crippen LogP contribution < -0.4 is 5.32 Å². The monoisotopic (exact) mass is 161 g/mol. The number of nitrogens with one attached hydrogen (secondary N) is 1. The van der Waals surface area contributed by atoms with Crippen LogP contribution in [0.25, 0.3) is 0 Å². The largest absolute Gasteiger partial charge is 0.347 e. The molecule has 0 aromatic carbocycles. The van der Waals surface area contributed by atoms with Gasteiger partial charge in [0.25, 0.3) is 0 Å². The lowest BCUT2D eigenvalue weighted by atomic mass is 10.3. The Bertz CT molecular complexity index is 269. The molecule has 1 aromatic rings. The van der Waals surface area contributed by atoms with Crippen LogP contribution in [0.3, 0.4) is 0 Å². The van der Waals surface area contributed by atoms with Gasteiger partial charge in [-0.2, -0.15) is 0 Å². The molecular weight excluding hydrogens is 152 g/mol. The highest BCUT2D eigenvalue weighted by molar-refractivity contribution is 5.86. The van der Waals surface area contributed by atoms with E-state index in [-0.39, 0.29) is 5.91 Å². The van der Waals surface area contributed by atoms with Crippen molar-refractivity contribution in [1.29, 1.82) is 0 Å². The Balaban J connectivity index is 2.43. The zero-order valence-corrected chi connectivity index (χ0v) is 6.53. The molecule has 1 N–H and O–H groups in total. The van der Waals surface area contributed by atoms with Crippen molar-refractivity contribution in [3.05, 3.63) is 42.7 Å². The summed E-state index contributed by atoms with van der Waals surface area (Å²) >= 11 is 0. The van der Waals surface area contributed by atoms with Crippen LogP contribution >= 0.6 is 0 Å². The maximum absolute atomic E-state index is 10.7. The van der Waals surface area contributed by atoms with Gasteiger partial charge in [0.05, 0.1) is 12.2 Å². The quantitative estimate of drug-likeness (QED) is 0.662. The minimum atomic E-state index is -0.291. The fraction of sp³-hybridized carbons (Fsp3) is 0.111. The van der Waals surface area contributed by atoms with Gasteiger partial charge in [-0.05, 0) is 12.1 Å². The Kier molecular flexibility index (Phi) is 3.02. The van der Waals surface area contributed by atoms with E-state index in [2.05, 4.69) is 10.3 Å². The summed E-state index contributed by atoms with van der Waals surface area (Å²) in [6.45, 7) is 5.39. The van der Waals surface area contributed by atoms with E-state index in [4.69, 9.17) is 6.58 Å². The van der Waals surface area contributed by atoms with Crippen molar-refractivity contribution >= 4 is 5.91 Å². The van der Waals surface area contributed by atoms with Gasteiger partial charge in [-0.1, -0.05) is 12.6 Å². The molecule has 0 fully saturated rings. The number of nitrogens with zero attached hydrogens (tertiary/aromatic N) is 1. The average molecular weight is 161 g/mol. The fourth-order valence-electron chi connectivity index (χ4n) is 0.739. The Morgan fingerprint density at radius 3 is 3.08 bits per heavy atom. The minimum Gasteiger partial charge on any atom is -0.347 e.